The molecule has 9 aromatic carbocycles. The largest absolute Gasteiger partial charge is 0.457 e. The van der Waals surface area contributed by atoms with E-state index >= 15 is 0 Å². The lowest BCUT2D eigenvalue weighted by Gasteiger charge is -2.15. The Morgan fingerprint density at radius 2 is 0.754 bits per heavy atom. The molecule has 4 nitrogen and oxygen atoms in total. The van der Waals surface area contributed by atoms with Crippen molar-refractivity contribution < 1.29 is 9.47 Å². The number of rotatable bonds is 8. The maximum atomic E-state index is 6.65. The van der Waals surface area contributed by atoms with Gasteiger partial charge in [-0.1, -0.05) is 123 Å². The molecule has 0 aliphatic rings. The third-order valence-corrected chi connectivity index (χ3v) is 12.4. The lowest BCUT2D eigenvalue weighted by Crippen LogP contribution is -1.94. The molecule has 0 spiro atoms. The first kappa shape index (κ1) is 37.2. The van der Waals surface area contributed by atoms with E-state index in [1.165, 1.54) is 43.6 Å². The van der Waals surface area contributed by atoms with Crippen LogP contribution in [0, 0.1) is 6.92 Å². The highest BCUT2D eigenvalue weighted by Crippen LogP contribution is 2.41. The van der Waals surface area contributed by atoms with E-state index in [1.807, 2.05) is 37.3 Å². The molecular formula is C55H36Br2N2O2. The van der Waals surface area contributed by atoms with Crippen LogP contribution in [0.4, 0.5) is 0 Å². The number of benzene rings is 9. The number of halogens is 2. The van der Waals surface area contributed by atoms with Crippen LogP contribution in [0.3, 0.4) is 0 Å². The van der Waals surface area contributed by atoms with Gasteiger partial charge in [0.25, 0.3) is 0 Å². The topological polar surface area (TPSA) is 28.3 Å². The van der Waals surface area contributed by atoms with Crippen LogP contribution >= 0.6 is 31.9 Å². The third-order valence-electron chi connectivity index (χ3n) is 11.5. The summed E-state index contributed by atoms with van der Waals surface area (Å²) in [6.45, 7) is 2.04. The number of hydrogen-bond donors (Lipinski definition) is 0. The summed E-state index contributed by atoms with van der Waals surface area (Å²) in [4.78, 5) is 0. The molecule has 0 saturated carbocycles. The Morgan fingerprint density at radius 1 is 0.344 bits per heavy atom. The van der Waals surface area contributed by atoms with E-state index in [2.05, 4.69) is 211 Å². The van der Waals surface area contributed by atoms with Crippen LogP contribution in [0.2, 0.25) is 0 Å². The van der Waals surface area contributed by atoms with Crippen LogP contribution in [0.1, 0.15) is 5.56 Å². The van der Waals surface area contributed by atoms with Crippen LogP contribution < -0.4 is 9.47 Å². The van der Waals surface area contributed by atoms with Gasteiger partial charge in [0.1, 0.15) is 23.0 Å². The van der Waals surface area contributed by atoms with E-state index in [0.717, 1.165) is 71.1 Å². The number of fused-ring (bicyclic) bond motifs is 6. The molecule has 0 aliphatic heterocycles. The molecule has 0 aliphatic carbocycles. The molecule has 0 atom stereocenters. The van der Waals surface area contributed by atoms with Crippen LogP contribution in [-0.2, 0) is 0 Å². The summed E-state index contributed by atoms with van der Waals surface area (Å²) in [5.41, 5.74) is 12.2. The molecule has 2 aromatic heterocycles. The second-order valence-corrected chi connectivity index (χ2v) is 17.1. The van der Waals surface area contributed by atoms with Crippen LogP contribution in [0.25, 0.3) is 77.2 Å². The zero-order valence-corrected chi connectivity index (χ0v) is 36.2. The minimum absolute atomic E-state index is 0.721. The molecule has 2 heterocycles. The van der Waals surface area contributed by atoms with Gasteiger partial charge in [-0.25, -0.2) is 0 Å². The highest BCUT2D eigenvalue weighted by atomic mass is 79.9. The van der Waals surface area contributed by atoms with Crippen molar-refractivity contribution in [1.82, 2.24) is 9.13 Å². The van der Waals surface area contributed by atoms with Crippen molar-refractivity contribution in [3.05, 3.63) is 215 Å². The quantitative estimate of drug-likeness (QED) is 0.152. The summed E-state index contributed by atoms with van der Waals surface area (Å²) in [6.07, 6.45) is 0. The van der Waals surface area contributed by atoms with Crippen LogP contribution in [0.5, 0.6) is 23.0 Å². The molecule has 11 rings (SSSR count). The molecular weight excluding hydrogens is 880 g/mol. The fourth-order valence-electron chi connectivity index (χ4n) is 8.66. The first-order valence-corrected chi connectivity index (χ1v) is 21.8. The first-order chi connectivity index (χ1) is 29.9. The van der Waals surface area contributed by atoms with E-state index in [-0.39, 0.29) is 0 Å². The predicted octanol–water partition coefficient (Wildman–Crippen LogP) is 16.6. The van der Waals surface area contributed by atoms with Gasteiger partial charge in [0.2, 0.25) is 0 Å². The average Bonchev–Trinajstić information content (AvgIpc) is 3.80. The summed E-state index contributed by atoms with van der Waals surface area (Å²) >= 11 is 7.56. The molecule has 0 amide bonds. The number of ether oxygens (including phenoxy) is 2. The predicted molar refractivity (Wildman–Crippen MR) is 259 cm³/mol. The highest BCUT2D eigenvalue weighted by molar-refractivity contribution is 9.10. The van der Waals surface area contributed by atoms with Gasteiger partial charge in [0, 0.05) is 47.4 Å². The summed E-state index contributed by atoms with van der Waals surface area (Å²) < 4.78 is 19.8. The molecule has 0 unspecified atom stereocenters. The Morgan fingerprint density at radius 3 is 1.21 bits per heavy atom. The fraction of sp³-hybridized carbons (Fsp3) is 0.0182. The van der Waals surface area contributed by atoms with Crippen molar-refractivity contribution >= 4 is 75.5 Å². The SMILES string of the molecule is Cc1c(Oc2cc(Br)cc(-c3ccc4c(c3)c3ccccc3n4-c3ccccc3)c2)cccc1Oc1cc(Br)cc(-c2ccc3c(c2)c2ccccc2n3-c2ccccc2)c1. The van der Waals surface area contributed by atoms with Crippen molar-refractivity contribution in [2.24, 2.45) is 0 Å². The molecule has 0 radical (unpaired) electrons. The van der Waals surface area contributed by atoms with Crippen LogP contribution in [0.15, 0.2) is 209 Å². The standard InChI is InChI=1S/C55H36Br2N2O2/c1-35-54(60-44-29-38(27-40(56)33-44)36-23-25-52-48(31-36)46-17-8-10-19-50(46)58(52)42-13-4-2-5-14-42)21-12-22-55(35)61-45-30-39(28-41(57)34-45)37-24-26-53-49(32-37)47-18-9-11-20-51(47)59(53)43-15-6-3-7-16-43/h2-34H,1H3. The minimum Gasteiger partial charge on any atom is -0.457 e. The van der Waals surface area contributed by atoms with Gasteiger partial charge in [0.15, 0.2) is 0 Å². The van der Waals surface area contributed by atoms with Gasteiger partial charge >= 0.3 is 0 Å². The minimum atomic E-state index is 0.721. The summed E-state index contributed by atoms with van der Waals surface area (Å²) in [5.74, 6) is 2.90. The molecule has 0 N–H and O–H groups in total. The van der Waals surface area contributed by atoms with Crippen LogP contribution in [-0.4, -0.2) is 9.13 Å². The van der Waals surface area contributed by atoms with Crippen molar-refractivity contribution in [3.63, 3.8) is 0 Å². The fourth-order valence-corrected chi connectivity index (χ4v) is 9.61. The summed E-state index contributed by atoms with van der Waals surface area (Å²) in [7, 11) is 0. The monoisotopic (exact) mass is 914 g/mol. The number of aromatic nitrogens is 2. The molecule has 0 saturated heterocycles. The van der Waals surface area contributed by atoms with Crippen molar-refractivity contribution in [2.45, 2.75) is 6.92 Å². The number of para-hydroxylation sites is 4. The van der Waals surface area contributed by atoms with E-state index in [4.69, 9.17) is 9.47 Å². The Bertz CT molecular complexity index is 3240. The Hall–Kier alpha value is -6.86. The van der Waals surface area contributed by atoms with E-state index in [1.54, 1.807) is 0 Å². The molecule has 292 valence electrons. The molecule has 6 heteroatoms. The van der Waals surface area contributed by atoms with Crippen molar-refractivity contribution in [1.29, 1.82) is 0 Å². The highest BCUT2D eigenvalue weighted by Gasteiger charge is 2.17. The van der Waals surface area contributed by atoms with E-state index in [9.17, 15) is 0 Å². The van der Waals surface area contributed by atoms with Gasteiger partial charge in [-0.05, 0) is 138 Å². The smallest absolute Gasteiger partial charge is 0.134 e. The molecule has 61 heavy (non-hydrogen) atoms. The summed E-state index contributed by atoms with van der Waals surface area (Å²) in [5, 5.41) is 4.83. The zero-order valence-electron chi connectivity index (χ0n) is 33.0. The van der Waals surface area contributed by atoms with E-state index < -0.39 is 0 Å². The number of nitrogens with zero attached hydrogens (tertiary/aromatic N) is 2. The Labute approximate surface area is 370 Å². The van der Waals surface area contributed by atoms with Gasteiger partial charge in [-0.15, -0.1) is 0 Å². The van der Waals surface area contributed by atoms with Gasteiger partial charge in [0.05, 0.1) is 22.1 Å². The van der Waals surface area contributed by atoms with Crippen molar-refractivity contribution in [3.8, 4) is 56.6 Å². The zero-order chi connectivity index (χ0) is 41.0. The second kappa shape index (κ2) is 15.3. The first-order valence-electron chi connectivity index (χ1n) is 20.2. The summed E-state index contributed by atoms with van der Waals surface area (Å²) in [6, 6.07) is 70.1. The Balaban J connectivity index is 0.897. The maximum Gasteiger partial charge on any atom is 0.134 e. The molecule has 0 fully saturated rings. The lowest BCUT2D eigenvalue weighted by atomic mass is 10.0. The van der Waals surface area contributed by atoms with Gasteiger partial charge in [-0.2, -0.15) is 0 Å². The Kier molecular flexibility index (Phi) is 9.33. The third kappa shape index (κ3) is 6.78. The molecule has 0 bridgehead atoms. The number of hydrogen-bond acceptors (Lipinski definition) is 2. The maximum absolute atomic E-state index is 6.65. The lowest BCUT2D eigenvalue weighted by molar-refractivity contribution is 0.453. The molecule has 11 aromatic rings. The van der Waals surface area contributed by atoms with Gasteiger partial charge < -0.3 is 18.6 Å². The van der Waals surface area contributed by atoms with E-state index in [0.29, 0.717) is 0 Å². The van der Waals surface area contributed by atoms with Gasteiger partial charge in [-0.3, -0.25) is 0 Å². The second-order valence-electron chi connectivity index (χ2n) is 15.3. The normalized spacial score (nSPS) is 11.5. The average molecular weight is 917 g/mol. The van der Waals surface area contributed by atoms with Crippen molar-refractivity contribution in [2.75, 3.05) is 0 Å².